The van der Waals surface area contributed by atoms with E-state index in [0.29, 0.717) is 13.0 Å². The normalized spacial score (nSPS) is 11.3. The van der Waals surface area contributed by atoms with Gasteiger partial charge in [-0.3, -0.25) is 4.79 Å². The first-order valence-corrected chi connectivity index (χ1v) is 7.26. The Bertz CT molecular complexity index is 405. The topological polar surface area (TPSA) is 55.1 Å². The predicted octanol–water partition coefficient (Wildman–Crippen LogP) is 3.38. The number of halogens is 1. The van der Waals surface area contributed by atoms with Crippen LogP contribution in [0.15, 0.2) is 24.3 Å². The van der Waals surface area contributed by atoms with E-state index < -0.39 is 0 Å². The molecular formula is C14H21IN2O. The third-order valence-corrected chi connectivity index (χ3v) is 3.63. The first-order chi connectivity index (χ1) is 8.43. The van der Waals surface area contributed by atoms with Crippen LogP contribution in [-0.2, 0) is 4.79 Å². The zero-order chi connectivity index (χ0) is 13.6. The van der Waals surface area contributed by atoms with Gasteiger partial charge in [-0.2, -0.15) is 0 Å². The summed E-state index contributed by atoms with van der Waals surface area (Å²) in [6, 6.07) is 7.81. The van der Waals surface area contributed by atoms with Gasteiger partial charge in [0.1, 0.15) is 0 Å². The first kappa shape index (κ1) is 15.4. The molecule has 1 amide bonds. The Morgan fingerprint density at radius 1 is 1.39 bits per heavy atom. The maximum atomic E-state index is 11.8. The number of carbonyl (C=O) groups excluding carboxylic acids is 1. The SMILES string of the molecule is CC(C)(CCN)CCC(=O)Nc1cccc(I)c1. The Labute approximate surface area is 123 Å². The van der Waals surface area contributed by atoms with Crippen LogP contribution in [0.1, 0.15) is 33.1 Å². The standard InChI is InChI=1S/C14H21IN2O/c1-14(2,8-9-16)7-6-13(18)17-12-5-3-4-11(15)10-12/h3-5,10H,6-9,16H2,1-2H3,(H,17,18). The molecule has 18 heavy (non-hydrogen) atoms. The third-order valence-electron chi connectivity index (χ3n) is 2.96. The molecule has 0 atom stereocenters. The lowest BCUT2D eigenvalue weighted by molar-refractivity contribution is -0.116. The van der Waals surface area contributed by atoms with Crippen LogP contribution in [0.4, 0.5) is 5.69 Å². The van der Waals surface area contributed by atoms with Gasteiger partial charge in [-0.05, 0) is 65.6 Å². The molecule has 0 bridgehead atoms. The van der Waals surface area contributed by atoms with Crippen LogP contribution in [0, 0.1) is 8.99 Å². The van der Waals surface area contributed by atoms with Crippen LogP contribution in [0.3, 0.4) is 0 Å². The van der Waals surface area contributed by atoms with Crippen LogP contribution >= 0.6 is 22.6 Å². The Morgan fingerprint density at radius 3 is 2.72 bits per heavy atom. The Balaban J connectivity index is 2.43. The molecular weight excluding hydrogens is 339 g/mol. The van der Waals surface area contributed by atoms with Crippen molar-refractivity contribution in [1.29, 1.82) is 0 Å². The van der Waals surface area contributed by atoms with E-state index in [1.54, 1.807) is 0 Å². The molecule has 0 aliphatic carbocycles. The maximum Gasteiger partial charge on any atom is 0.224 e. The van der Waals surface area contributed by atoms with E-state index in [9.17, 15) is 4.79 Å². The molecule has 0 unspecified atom stereocenters. The van der Waals surface area contributed by atoms with E-state index in [-0.39, 0.29) is 11.3 Å². The van der Waals surface area contributed by atoms with Gasteiger partial charge < -0.3 is 11.1 Å². The van der Waals surface area contributed by atoms with Gasteiger partial charge >= 0.3 is 0 Å². The van der Waals surface area contributed by atoms with E-state index in [0.717, 1.165) is 22.1 Å². The van der Waals surface area contributed by atoms with Crippen molar-refractivity contribution < 1.29 is 4.79 Å². The number of hydrogen-bond donors (Lipinski definition) is 2. The van der Waals surface area contributed by atoms with Crippen molar-refractivity contribution in [2.45, 2.75) is 33.1 Å². The molecule has 0 aliphatic rings. The minimum atomic E-state index is 0.0714. The zero-order valence-electron chi connectivity index (χ0n) is 11.0. The molecule has 0 saturated heterocycles. The lowest BCUT2D eigenvalue weighted by Gasteiger charge is -2.23. The van der Waals surface area contributed by atoms with E-state index in [2.05, 4.69) is 41.8 Å². The summed E-state index contributed by atoms with van der Waals surface area (Å²) in [6.07, 6.45) is 2.35. The Hall–Kier alpha value is -0.620. The smallest absolute Gasteiger partial charge is 0.224 e. The summed E-state index contributed by atoms with van der Waals surface area (Å²) in [7, 11) is 0. The first-order valence-electron chi connectivity index (χ1n) is 6.18. The number of nitrogens with two attached hydrogens (primary N) is 1. The van der Waals surface area contributed by atoms with Crippen molar-refractivity contribution in [3.8, 4) is 0 Å². The van der Waals surface area contributed by atoms with Gasteiger partial charge in [0.05, 0.1) is 0 Å². The van der Waals surface area contributed by atoms with E-state index >= 15 is 0 Å². The maximum absolute atomic E-state index is 11.8. The summed E-state index contributed by atoms with van der Waals surface area (Å²) in [4.78, 5) is 11.8. The highest BCUT2D eigenvalue weighted by Gasteiger charge is 2.18. The molecule has 0 radical (unpaired) electrons. The fourth-order valence-electron chi connectivity index (χ4n) is 1.76. The molecule has 0 spiro atoms. The molecule has 4 heteroatoms. The minimum absolute atomic E-state index is 0.0714. The van der Waals surface area contributed by atoms with Crippen molar-refractivity contribution in [2.75, 3.05) is 11.9 Å². The molecule has 0 aromatic heterocycles. The quantitative estimate of drug-likeness (QED) is 0.765. The van der Waals surface area contributed by atoms with Crippen LogP contribution in [0.2, 0.25) is 0 Å². The van der Waals surface area contributed by atoms with Gasteiger partial charge in [0.2, 0.25) is 5.91 Å². The Morgan fingerprint density at radius 2 is 2.11 bits per heavy atom. The van der Waals surface area contributed by atoms with E-state index in [1.165, 1.54) is 0 Å². The van der Waals surface area contributed by atoms with Gasteiger partial charge in [0, 0.05) is 15.7 Å². The average molecular weight is 360 g/mol. The summed E-state index contributed by atoms with van der Waals surface area (Å²) in [6.45, 7) is 4.97. The fourth-order valence-corrected chi connectivity index (χ4v) is 2.30. The summed E-state index contributed by atoms with van der Waals surface area (Å²) in [5, 5.41) is 2.92. The van der Waals surface area contributed by atoms with Crippen LogP contribution < -0.4 is 11.1 Å². The molecule has 0 aliphatic heterocycles. The number of amides is 1. The second-order valence-corrected chi connectivity index (χ2v) is 6.51. The van der Waals surface area contributed by atoms with E-state index in [4.69, 9.17) is 5.73 Å². The monoisotopic (exact) mass is 360 g/mol. The molecule has 1 aromatic carbocycles. The second-order valence-electron chi connectivity index (χ2n) is 5.26. The lowest BCUT2D eigenvalue weighted by atomic mass is 9.84. The van der Waals surface area contributed by atoms with Crippen LogP contribution in [-0.4, -0.2) is 12.5 Å². The number of anilines is 1. The third kappa shape index (κ3) is 5.82. The molecule has 3 N–H and O–H groups in total. The van der Waals surface area contributed by atoms with Crippen molar-refractivity contribution in [2.24, 2.45) is 11.1 Å². The van der Waals surface area contributed by atoms with Crippen LogP contribution in [0.5, 0.6) is 0 Å². The van der Waals surface area contributed by atoms with Gasteiger partial charge in [-0.25, -0.2) is 0 Å². The summed E-state index contributed by atoms with van der Waals surface area (Å²) in [5.74, 6) is 0.0714. The largest absolute Gasteiger partial charge is 0.330 e. The number of nitrogens with one attached hydrogen (secondary N) is 1. The second kappa shape index (κ2) is 7.09. The van der Waals surface area contributed by atoms with Crippen molar-refractivity contribution in [3.05, 3.63) is 27.8 Å². The number of benzene rings is 1. The van der Waals surface area contributed by atoms with E-state index in [1.807, 2.05) is 24.3 Å². The van der Waals surface area contributed by atoms with Crippen molar-refractivity contribution >= 4 is 34.2 Å². The summed E-state index contributed by atoms with van der Waals surface area (Å²) >= 11 is 2.23. The van der Waals surface area contributed by atoms with Gasteiger partial charge in [-0.15, -0.1) is 0 Å². The predicted molar refractivity (Wildman–Crippen MR) is 84.5 cm³/mol. The highest BCUT2D eigenvalue weighted by Crippen LogP contribution is 2.26. The highest BCUT2D eigenvalue weighted by molar-refractivity contribution is 14.1. The molecule has 0 heterocycles. The molecule has 100 valence electrons. The van der Waals surface area contributed by atoms with Crippen molar-refractivity contribution in [1.82, 2.24) is 0 Å². The summed E-state index contributed by atoms with van der Waals surface area (Å²) in [5.41, 5.74) is 6.56. The fraction of sp³-hybridized carbons (Fsp3) is 0.500. The molecule has 3 nitrogen and oxygen atoms in total. The Kier molecular flexibility index (Phi) is 6.08. The number of hydrogen-bond acceptors (Lipinski definition) is 2. The minimum Gasteiger partial charge on any atom is -0.330 e. The zero-order valence-corrected chi connectivity index (χ0v) is 13.2. The summed E-state index contributed by atoms with van der Waals surface area (Å²) < 4.78 is 1.12. The molecule has 1 rings (SSSR count). The van der Waals surface area contributed by atoms with Crippen LogP contribution in [0.25, 0.3) is 0 Å². The van der Waals surface area contributed by atoms with Gasteiger partial charge in [0.25, 0.3) is 0 Å². The van der Waals surface area contributed by atoms with Gasteiger partial charge in [0.15, 0.2) is 0 Å². The highest BCUT2D eigenvalue weighted by atomic mass is 127. The number of rotatable bonds is 6. The molecule has 0 saturated carbocycles. The van der Waals surface area contributed by atoms with Crippen molar-refractivity contribution in [3.63, 3.8) is 0 Å². The number of carbonyl (C=O) groups is 1. The lowest BCUT2D eigenvalue weighted by Crippen LogP contribution is -2.20. The average Bonchev–Trinajstić information content (AvgIpc) is 2.26. The van der Waals surface area contributed by atoms with Gasteiger partial charge in [-0.1, -0.05) is 19.9 Å². The molecule has 1 aromatic rings. The molecule has 0 fully saturated rings.